The van der Waals surface area contributed by atoms with Crippen molar-refractivity contribution in [1.29, 1.82) is 0 Å². The summed E-state index contributed by atoms with van der Waals surface area (Å²) in [6.07, 6.45) is 2.63. The summed E-state index contributed by atoms with van der Waals surface area (Å²) < 4.78 is 0. The first-order valence-corrected chi connectivity index (χ1v) is 8.07. The Morgan fingerprint density at radius 2 is 2.40 bits per heavy atom. The summed E-state index contributed by atoms with van der Waals surface area (Å²) in [7, 11) is 1.89. The summed E-state index contributed by atoms with van der Waals surface area (Å²) in [4.78, 5) is 8.27. The highest BCUT2D eigenvalue weighted by molar-refractivity contribution is 14.0. The highest BCUT2D eigenvalue weighted by atomic mass is 127. The van der Waals surface area contributed by atoms with Crippen LogP contribution in [0.1, 0.15) is 37.5 Å². The zero-order valence-corrected chi connectivity index (χ0v) is 15.8. The Morgan fingerprint density at radius 3 is 3.00 bits per heavy atom. The smallest absolute Gasteiger partial charge is 0.193 e. The highest BCUT2D eigenvalue weighted by Crippen LogP contribution is 2.20. The molecule has 0 amide bonds. The lowest BCUT2D eigenvalue weighted by molar-refractivity contribution is 0.266. The van der Waals surface area contributed by atoms with Gasteiger partial charge in [-0.1, -0.05) is 19.9 Å². The molecule has 1 aliphatic rings. The van der Waals surface area contributed by atoms with Crippen molar-refractivity contribution in [3.8, 4) is 0 Å². The lowest BCUT2D eigenvalue weighted by Crippen LogP contribution is -2.46. The number of rotatable bonds is 3. The molecule has 1 aromatic heterocycles. The van der Waals surface area contributed by atoms with E-state index in [1.54, 1.807) is 0 Å². The van der Waals surface area contributed by atoms with Gasteiger partial charge in [-0.3, -0.25) is 4.99 Å². The van der Waals surface area contributed by atoms with E-state index in [9.17, 15) is 0 Å². The molecule has 0 saturated carbocycles. The predicted octanol–water partition coefficient (Wildman–Crippen LogP) is 3.78. The molecule has 0 bridgehead atoms. The van der Waals surface area contributed by atoms with Crippen LogP contribution in [0.2, 0.25) is 0 Å². The molecule has 0 aliphatic carbocycles. The van der Waals surface area contributed by atoms with Crippen LogP contribution < -0.4 is 5.32 Å². The normalized spacial score (nSPS) is 21.2. The second-order valence-corrected chi connectivity index (χ2v) is 6.52. The molecule has 3 nitrogen and oxygen atoms in total. The minimum absolute atomic E-state index is 0. The summed E-state index contributed by atoms with van der Waals surface area (Å²) in [6.45, 7) is 7.82. The Hall–Kier alpha value is -0.300. The number of thiophene rings is 1. The van der Waals surface area contributed by atoms with Crippen LogP contribution in [0, 0.1) is 5.92 Å². The molecule has 2 atom stereocenters. The zero-order chi connectivity index (χ0) is 13.7. The number of guanidine groups is 1. The van der Waals surface area contributed by atoms with Crippen LogP contribution in [0.15, 0.2) is 22.5 Å². The Kier molecular flexibility index (Phi) is 7.87. The monoisotopic (exact) mass is 407 g/mol. The molecule has 2 unspecified atom stereocenters. The average molecular weight is 407 g/mol. The van der Waals surface area contributed by atoms with Gasteiger partial charge in [0, 0.05) is 37.5 Å². The first kappa shape index (κ1) is 17.8. The minimum atomic E-state index is 0. The van der Waals surface area contributed by atoms with Crippen molar-refractivity contribution >= 4 is 41.3 Å². The van der Waals surface area contributed by atoms with Crippen LogP contribution in [0.5, 0.6) is 0 Å². The Morgan fingerprint density at radius 1 is 1.60 bits per heavy atom. The van der Waals surface area contributed by atoms with Gasteiger partial charge < -0.3 is 10.2 Å². The first-order valence-electron chi connectivity index (χ1n) is 7.19. The molecule has 0 radical (unpaired) electrons. The second-order valence-electron chi connectivity index (χ2n) is 5.54. The molecule has 5 heteroatoms. The van der Waals surface area contributed by atoms with Crippen LogP contribution in [-0.2, 0) is 0 Å². The maximum atomic E-state index is 4.43. The van der Waals surface area contributed by atoms with Gasteiger partial charge in [-0.05, 0) is 30.2 Å². The SMILES string of the molecule is CN=C(NCC(C)c1cccs1)N1CCCC(C)C1.I. The fourth-order valence-electron chi connectivity index (χ4n) is 2.63. The van der Waals surface area contributed by atoms with Gasteiger partial charge in [0.05, 0.1) is 0 Å². The molecule has 1 N–H and O–H groups in total. The number of hydrogen-bond acceptors (Lipinski definition) is 2. The van der Waals surface area contributed by atoms with Gasteiger partial charge in [0.2, 0.25) is 0 Å². The molecule has 0 spiro atoms. The topological polar surface area (TPSA) is 27.6 Å². The standard InChI is InChI=1S/C15H25N3S.HI/c1-12-6-4-8-18(11-12)15(16-3)17-10-13(2)14-7-5-9-19-14;/h5,7,9,12-13H,4,6,8,10-11H2,1-3H3,(H,16,17);1H. The molecule has 1 aromatic rings. The third-order valence-corrected chi connectivity index (χ3v) is 4.87. The first-order chi connectivity index (χ1) is 9.20. The maximum Gasteiger partial charge on any atom is 0.193 e. The quantitative estimate of drug-likeness (QED) is 0.469. The van der Waals surface area contributed by atoms with Gasteiger partial charge in [-0.15, -0.1) is 35.3 Å². The number of nitrogens with one attached hydrogen (secondary N) is 1. The molecule has 114 valence electrons. The number of halogens is 1. The summed E-state index contributed by atoms with van der Waals surface area (Å²) >= 11 is 1.83. The van der Waals surface area contributed by atoms with E-state index in [1.807, 2.05) is 18.4 Å². The summed E-state index contributed by atoms with van der Waals surface area (Å²) in [5, 5.41) is 5.68. The number of nitrogens with zero attached hydrogens (tertiary/aromatic N) is 2. The minimum Gasteiger partial charge on any atom is -0.356 e. The van der Waals surface area contributed by atoms with Crippen molar-refractivity contribution in [2.75, 3.05) is 26.7 Å². The van der Waals surface area contributed by atoms with Crippen molar-refractivity contribution in [3.63, 3.8) is 0 Å². The molecule has 1 saturated heterocycles. The number of aliphatic imine (C=N–C) groups is 1. The molecular weight excluding hydrogens is 381 g/mol. The molecule has 1 fully saturated rings. The Bertz CT molecular complexity index is 405. The van der Waals surface area contributed by atoms with E-state index >= 15 is 0 Å². The van der Waals surface area contributed by atoms with E-state index < -0.39 is 0 Å². The van der Waals surface area contributed by atoms with Gasteiger partial charge in [0.25, 0.3) is 0 Å². The van der Waals surface area contributed by atoms with E-state index in [0.29, 0.717) is 5.92 Å². The summed E-state index contributed by atoms with van der Waals surface area (Å²) in [5.41, 5.74) is 0. The van der Waals surface area contributed by atoms with Crippen LogP contribution in [-0.4, -0.2) is 37.5 Å². The number of hydrogen-bond donors (Lipinski definition) is 1. The molecular formula is C15H26IN3S. The highest BCUT2D eigenvalue weighted by Gasteiger charge is 2.19. The van der Waals surface area contributed by atoms with Gasteiger partial charge in [0.1, 0.15) is 0 Å². The van der Waals surface area contributed by atoms with Gasteiger partial charge in [0.15, 0.2) is 5.96 Å². The number of piperidine rings is 1. The van der Waals surface area contributed by atoms with E-state index in [4.69, 9.17) is 0 Å². The molecule has 20 heavy (non-hydrogen) atoms. The third-order valence-electron chi connectivity index (χ3n) is 3.76. The second kappa shape index (κ2) is 8.87. The summed E-state index contributed by atoms with van der Waals surface area (Å²) in [5.74, 6) is 2.39. The zero-order valence-electron chi connectivity index (χ0n) is 12.6. The molecule has 2 rings (SSSR count). The van der Waals surface area contributed by atoms with E-state index in [2.05, 4.69) is 46.6 Å². The fraction of sp³-hybridized carbons (Fsp3) is 0.667. The van der Waals surface area contributed by atoms with Gasteiger partial charge in [-0.2, -0.15) is 0 Å². The Labute approximate surface area is 143 Å². The third kappa shape index (κ3) is 4.91. The van der Waals surface area contributed by atoms with Crippen molar-refractivity contribution in [2.45, 2.75) is 32.6 Å². The lowest BCUT2D eigenvalue weighted by Gasteiger charge is -2.33. The molecule has 1 aliphatic heterocycles. The Balaban J connectivity index is 0.00000200. The van der Waals surface area contributed by atoms with Crippen LogP contribution in [0.25, 0.3) is 0 Å². The van der Waals surface area contributed by atoms with E-state index in [0.717, 1.165) is 31.5 Å². The van der Waals surface area contributed by atoms with Crippen molar-refractivity contribution < 1.29 is 0 Å². The van der Waals surface area contributed by atoms with E-state index in [1.165, 1.54) is 17.7 Å². The molecule has 2 heterocycles. The largest absolute Gasteiger partial charge is 0.356 e. The van der Waals surface area contributed by atoms with E-state index in [-0.39, 0.29) is 24.0 Å². The van der Waals surface area contributed by atoms with Crippen molar-refractivity contribution in [3.05, 3.63) is 22.4 Å². The van der Waals surface area contributed by atoms with Crippen LogP contribution in [0.4, 0.5) is 0 Å². The lowest BCUT2D eigenvalue weighted by atomic mass is 10.0. The van der Waals surface area contributed by atoms with Gasteiger partial charge in [-0.25, -0.2) is 0 Å². The van der Waals surface area contributed by atoms with Crippen LogP contribution >= 0.6 is 35.3 Å². The summed E-state index contributed by atoms with van der Waals surface area (Å²) in [6, 6.07) is 4.33. The predicted molar refractivity (Wildman–Crippen MR) is 99.5 cm³/mol. The maximum absolute atomic E-state index is 4.43. The van der Waals surface area contributed by atoms with Crippen molar-refractivity contribution in [1.82, 2.24) is 10.2 Å². The van der Waals surface area contributed by atoms with Crippen LogP contribution in [0.3, 0.4) is 0 Å². The fourth-order valence-corrected chi connectivity index (χ4v) is 3.42. The number of likely N-dealkylation sites (tertiary alicyclic amines) is 1. The van der Waals surface area contributed by atoms with Crippen molar-refractivity contribution in [2.24, 2.45) is 10.9 Å². The van der Waals surface area contributed by atoms with Gasteiger partial charge >= 0.3 is 0 Å². The molecule has 0 aromatic carbocycles. The average Bonchev–Trinajstić information content (AvgIpc) is 2.93.